The van der Waals surface area contributed by atoms with Crippen LogP contribution in [0.25, 0.3) is 0 Å². The minimum absolute atomic E-state index is 0.0246. The van der Waals surface area contributed by atoms with Crippen molar-refractivity contribution in [3.63, 3.8) is 0 Å². The average molecular weight is 208 g/mol. The summed E-state index contributed by atoms with van der Waals surface area (Å²) in [6, 6.07) is 3.95. The van der Waals surface area contributed by atoms with Crippen molar-refractivity contribution in [2.75, 3.05) is 0 Å². The highest BCUT2D eigenvalue weighted by atomic mass is 16.5. The Morgan fingerprint density at radius 1 is 1.47 bits per heavy atom. The quantitative estimate of drug-likeness (QED) is 0.807. The largest absolute Gasteiger partial charge is 0.369 e. The van der Waals surface area contributed by atoms with E-state index < -0.39 is 0 Å². The highest BCUT2D eigenvalue weighted by Crippen LogP contribution is 2.22. The van der Waals surface area contributed by atoms with E-state index in [1.165, 1.54) is 0 Å². The summed E-state index contributed by atoms with van der Waals surface area (Å²) in [6.07, 6.45) is 4.60. The lowest BCUT2D eigenvalue weighted by atomic mass is 10.0. The molecule has 2 unspecified atom stereocenters. The van der Waals surface area contributed by atoms with Crippen molar-refractivity contribution >= 4 is 0 Å². The third-order valence-electron chi connectivity index (χ3n) is 2.29. The number of nitrogens with zero attached hydrogens (tertiary/aromatic N) is 1. The summed E-state index contributed by atoms with van der Waals surface area (Å²) < 4.78 is 5.82. The Morgan fingerprint density at radius 2 is 2.20 bits per heavy atom. The molecule has 3 nitrogen and oxygen atoms in total. The Morgan fingerprint density at radius 3 is 2.67 bits per heavy atom. The van der Waals surface area contributed by atoms with Crippen molar-refractivity contribution in [3.8, 4) is 0 Å². The van der Waals surface area contributed by atoms with E-state index in [-0.39, 0.29) is 18.2 Å². The van der Waals surface area contributed by atoms with Crippen LogP contribution in [0.1, 0.15) is 38.9 Å². The van der Waals surface area contributed by atoms with Gasteiger partial charge in [0, 0.05) is 24.0 Å². The van der Waals surface area contributed by atoms with E-state index in [9.17, 15) is 0 Å². The van der Waals surface area contributed by atoms with Crippen LogP contribution in [-0.4, -0.2) is 17.1 Å². The van der Waals surface area contributed by atoms with Crippen molar-refractivity contribution in [1.82, 2.24) is 4.98 Å². The maximum absolute atomic E-state index is 6.04. The lowest BCUT2D eigenvalue weighted by Crippen LogP contribution is -2.31. The van der Waals surface area contributed by atoms with Crippen LogP contribution in [0.4, 0.5) is 0 Å². The second kappa shape index (κ2) is 5.83. The maximum Gasteiger partial charge on any atom is 0.0993 e. The van der Waals surface area contributed by atoms with Gasteiger partial charge in [0.05, 0.1) is 12.2 Å². The predicted molar refractivity (Wildman–Crippen MR) is 61.5 cm³/mol. The molecular weight excluding hydrogens is 188 g/mol. The van der Waals surface area contributed by atoms with Gasteiger partial charge >= 0.3 is 0 Å². The first kappa shape index (κ1) is 12.1. The Bertz CT molecular complexity index is 274. The molecule has 84 valence electrons. The van der Waals surface area contributed by atoms with Crippen LogP contribution in [0.3, 0.4) is 0 Å². The second-order valence-corrected chi connectivity index (χ2v) is 3.96. The molecule has 0 saturated heterocycles. The molecule has 0 bridgehead atoms. The lowest BCUT2D eigenvalue weighted by Gasteiger charge is -2.25. The van der Waals surface area contributed by atoms with Crippen LogP contribution in [0, 0.1) is 0 Å². The molecule has 0 aliphatic heterocycles. The molecule has 2 atom stereocenters. The van der Waals surface area contributed by atoms with E-state index in [1.54, 1.807) is 6.20 Å². The van der Waals surface area contributed by atoms with Crippen LogP contribution in [0.5, 0.6) is 0 Å². The molecule has 0 saturated carbocycles. The molecule has 0 spiro atoms. The van der Waals surface area contributed by atoms with E-state index in [4.69, 9.17) is 10.5 Å². The number of aromatic nitrogens is 1. The number of rotatable bonds is 5. The van der Waals surface area contributed by atoms with Gasteiger partial charge in [-0.3, -0.25) is 4.98 Å². The third-order valence-corrected chi connectivity index (χ3v) is 2.29. The van der Waals surface area contributed by atoms with Crippen LogP contribution < -0.4 is 5.73 Å². The summed E-state index contributed by atoms with van der Waals surface area (Å²) in [5, 5.41) is 0. The zero-order valence-electron chi connectivity index (χ0n) is 9.68. The van der Waals surface area contributed by atoms with Crippen LogP contribution in [0.2, 0.25) is 0 Å². The van der Waals surface area contributed by atoms with Crippen molar-refractivity contribution in [2.45, 2.75) is 45.4 Å². The molecule has 0 fully saturated rings. The summed E-state index contributed by atoms with van der Waals surface area (Å²) in [4.78, 5) is 4.09. The average Bonchev–Trinajstić information content (AvgIpc) is 2.26. The van der Waals surface area contributed by atoms with Gasteiger partial charge in [-0.2, -0.15) is 0 Å². The van der Waals surface area contributed by atoms with Crippen molar-refractivity contribution in [1.29, 1.82) is 0 Å². The van der Waals surface area contributed by atoms with E-state index in [0.717, 1.165) is 12.0 Å². The molecule has 0 aliphatic carbocycles. The summed E-state index contributed by atoms with van der Waals surface area (Å²) in [6.45, 7) is 6.11. The second-order valence-electron chi connectivity index (χ2n) is 3.96. The van der Waals surface area contributed by atoms with Gasteiger partial charge in [0.15, 0.2) is 0 Å². The molecule has 0 aliphatic rings. The van der Waals surface area contributed by atoms with Crippen molar-refractivity contribution in [3.05, 3.63) is 30.1 Å². The van der Waals surface area contributed by atoms with Crippen molar-refractivity contribution in [2.24, 2.45) is 5.73 Å². The molecule has 0 aromatic carbocycles. The van der Waals surface area contributed by atoms with E-state index in [1.807, 2.05) is 32.2 Å². The van der Waals surface area contributed by atoms with Gasteiger partial charge in [0.2, 0.25) is 0 Å². The monoisotopic (exact) mass is 208 g/mol. The van der Waals surface area contributed by atoms with Gasteiger partial charge in [-0.25, -0.2) is 0 Å². The van der Waals surface area contributed by atoms with Gasteiger partial charge < -0.3 is 10.5 Å². The Kier molecular flexibility index (Phi) is 4.72. The minimum Gasteiger partial charge on any atom is -0.369 e. The van der Waals surface area contributed by atoms with Gasteiger partial charge in [0.25, 0.3) is 0 Å². The summed E-state index contributed by atoms with van der Waals surface area (Å²) in [5.74, 6) is 0. The molecule has 0 radical (unpaired) electrons. The lowest BCUT2D eigenvalue weighted by molar-refractivity contribution is -0.00916. The molecule has 1 heterocycles. The fraction of sp³-hybridized carbons (Fsp3) is 0.583. The third kappa shape index (κ3) is 3.61. The zero-order chi connectivity index (χ0) is 11.3. The van der Waals surface area contributed by atoms with E-state index >= 15 is 0 Å². The molecular formula is C12H20N2O. The normalized spacial score (nSPS) is 15.3. The number of ether oxygens (including phenoxy) is 1. The Balaban J connectivity index is 2.81. The smallest absolute Gasteiger partial charge is 0.0993 e. The molecule has 0 amide bonds. The van der Waals surface area contributed by atoms with Crippen LogP contribution >= 0.6 is 0 Å². The van der Waals surface area contributed by atoms with Gasteiger partial charge in [-0.1, -0.05) is 13.0 Å². The highest BCUT2D eigenvalue weighted by molar-refractivity contribution is 5.14. The number of nitrogens with two attached hydrogens (primary N) is 1. The predicted octanol–water partition coefficient (Wildman–Crippen LogP) is 2.29. The summed E-state index contributed by atoms with van der Waals surface area (Å²) in [7, 11) is 0. The summed E-state index contributed by atoms with van der Waals surface area (Å²) >= 11 is 0. The van der Waals surface area contributed by atoms with Gasteiger partial charge in [0.1, 0.15) is 0 Å². The minimum atomic E-state index is -0.0521. The van der Waals surface area contributed by atoms with Crippen LogP contribution in [0.15, 0.2) is 24.5 Å². The van der Waals surface area contributed by atoms with Gasteiger partial charge in [-0.05, 0) is 26.3 Å². The fourth-order valence-electron chi connectivity index (χ4n) is 1.48. The molecule has 1 rings (SSSR count). The number of pyridine rings is 1. The standard InChI is InChI=1S/C12H20N2O/c1-4-11(13)12(15-9(2)3)10-6-5-7-14-8-10/h5-9,11-12H,4,13H2,1-3H3. The number of hydrogen-bond acceptors (Lipinski definition) is 3. The summed E-state index contributed by atoms with van der Waals surface area (Å²) in [5.41, 5.74) is 7.10. The first-order valence-electron chi connectivity index (χ1n) is 5.46. The topological polar surface area (TPSA) is 48.1 Å². The molecule has 2 N–H and O–H groups in total. The van der Waals surface area contributed by atoms with Crippen LogP contribution in [-0.2, 0) is 4.74 Å². The fourth-order valence-corrected chi connectivity index (χ4v) is 1.48. The van der Waals surface area contributed by atoms with Crippen molar-refractivity contribution < 1.29 is 4.74 Å². The SMILES string of the molecule is CCC(N)C(OC(C)C)c1cccnc1. The zero-order valence-corrected chi connectivity index (χ0v) is 9.68. The van der Waals surface area contributed by atoms with E-state index in [2.05, 4.69) is 11.9 Å². The molecule has 3 heteroatoms. The molecule has 1 aromatic heterocycles. The van der Waals surface area contributed by atoms with E-state index in [0.29, 0.717) is 0 Å². The van der Waals surface area contributed by atoms with Gasteiger partial charge in [-0.15, -0.1) is 0 Å². The number of hydrogen-bond donors (Lipinski definition) is 1. The Labute approximate surface area is 91.7 Å². The first-order chi connectivity index (χ1) is 7.15. The molecule has 15 heavy (non-hydrogen) atoms. The maximum atomic E-state index is 6.04. The first-order valence-corrected chi connectivity index (χ1v) is 5.46. The Hall–Kier alpha value is -0.930. The highest BCUT2D eigenvalue weighted by Gasteiger charge is 2.20. The molecule has 1 aromatic rings.